The van der Waals surface area contributed by atoms with Gasteiger partial charge in [0.2, 0.25) is 0 Å². The average Bonchev–Trinajstić information content (AvgIpc) is 2.53. The number of nitrogens with two attached hydrogens (primary N) is 1. The van der Waals surface area contributed by atoms with E-state index in [4.69, 9.17) is 15.2 Å². The lowest BCUT2D eigenvalue weighted by Gasteiger charge is -2.23. The van der Waals surface area contributed by atoms with Gasteiger partial charge in [-0.1, -0.05) is 25.1 Å². The van der Waals surface area contributed by atoms with Crippen molar-refractivity contribution in [1.29, 1.82) is 0 Å². The molecule has 1 atom stereocenters. The Morgan fingerprint density at radius 3 is 2.86 bits per heavy atom. The Bertz CT molecular complexity index is 459. The second kappa shape index (κ2) is 8.00. The van der Waals surface area contributed by atoms with Crippen molar-refractivity contribution in [3.05, 3.63) is 29.8 Å². The molecule has 1 aromatic carbocycles. The summed E-state index contributed by atoms with van der Waals surface area (Å²) < 4.78 is 10.9. The Morgan fingerprint density at radius 2 is 2.14 bits per heavy atom. The summed E-state index contributed by atoms with van der Waals surface area (Å²) in [4.78, 5) is 11.9. The highest BCUT2D eigenvalue weighted by Crippen LogP contribution is 2.25. The molecule has 1 saturated heterocycles. The first-order valence-electron chi connectivity index (χ1n) is 7.55. The van der Waals surface area contributed by atoms with Gasteiger partial charge in [0.15, 0.2) is 6.61 Å². The van der Waals surface area contributed by atoms with E-state index in [1.54, 1.807) is 0 Å². The zero-order valence-electron chi connectivity index (χ0n) is 12.5. The van der Waals surface area contributed by atoms with E-state index in [1.165, 1.54) is 0 Å². The molecule has 0 aliphatic carbocycles. The second-order valence-electron chi connectivity index (χ2n) is 5.30. The minimum atomic E-state index is -0.0956. The topological polar surface area (TPSA) is 73.6 Å². The molecule has 1 amide bonds. The van der Waals surface area contributed by atoms with E-state index in [0.29, 0.717) is 19.0 Å². The van der Waals surface area contributed by atoms with Crippen LogP contribution in [0.25, 0.3) is 0 Å². The van der Waals surface area contributed by atoms with Gasteiger partial charge in [-0.25, -0.2) is 0 Å². The zero-order valence-corrected chi connectivity index (χ0v) is 12.5. The van der Waals surface area contributed by atoms with Gasteiger partial charge in [0.05, 0.1) is 0 Å². The Labute approximate surface area is 125 Å². The monoisotopic (exact) mass is 292 g/mol. The number of hydrogen-bond acceptors (Lipinski definition) is 4. The number of rotatable bonds is 6. The van der Waals surface area contributed by atoms with E-state index >= 15 is 0 Å². The number of carbonyl (C=O) groups is 1. The normalized spacial score (nSPS) is 17.2. The third kappa shape index (κ3) is 4.72. The summed E-state index contributed by atoms with van der Waals surface area (Å²) in [6, 6.07) is 7.74. The van der Waals surface area contributed by atoms with E-state index in [-0.39, 0.29) is 24.6 Å². The standard InChI is InChI=1S/C16H24N2O3/c1-2-14(17)13-5-3-4-6-15(13)21-11-16(19)18-12-7-9-20-10-8-12/h3-6,12,14H,2,7-11,17H2,1H3,(H,18,19)/t14-/m1/s1. The highest BCUT2D eigenvalue weighted by atomic mass is 16.5. The van der Waals surface area contributed by atoms with E-state index in [2.05, 4.69) is 5.32 Å². The van der Waals surface area contributed by atoms with Crippen molar-refractivity contribution in [2.45, 2.75) is 38.3 Å². The highest BCUT2D eigenvalue weighted by Gasteiger charge is 2.17. The fourth-order valence-electron chi connectivity index (χ4n) is 2.39. The molecule has 1 aliphatic rings. The van der Waals surface area contributed by atoms with Crippen LogP contribution in [0.15, 0.2) is 24.3 Å². The van der Waals surface area contributed by atoms with Gasteiger partial charge in [-0.15, -0.1) is 0 Å². The Hall–Kier alpha value is -1.59. The molecule has 2 rings (SSSR count). The molecule has 1 aromatic rings. The van der Waals surface area contributed by atoms with Crippen molar-refractivity contribution in [3.63, 3.8) is 0 Å². The third-order valence-electron chi connectivity index (χ3n) is 3.70. The number of amides is 1. The van der Waals surface area contributed by atoms with Gasteiger partial charge >= 0.3 is 0 Å². The highest BCUT2D eigenvalue weighted by molar-refractivity contribution is 5.77. The molecular weight excluding hydrogens is 268 g/mol. The van der Waals surface area contributed by atoms with Crippen LogP contribution in [0.3, 0.4) is 0 Å². The van der Waals surface area contributed by atoms with Gasteiger partial charge in [-0.05, 0) is 25.3 Å². The molecular formula is C16H24N2O3. The molecule has 0 spiro atoms. The SMILES string of the molecule is CC[C@@H](N)c1ccccc1OCC(=O)NC1CCOCC1. The van der Waals surface area contributed by atoms with Gasteiger partial charge in [0, 0.05) is 30.9 Å². The summed E-state index contributed by atoms with van der Waals surface area (Å²) in [6.07, 6.45) is 2.56. The first-order valence-corrected chi connectivity index (χ1v) is 7.55. The van der Waals surface area contributed by atoms with Crippen molar-refractivity contribution in [2.24, 2.45) is 5.73 Å². The molecule has 5 heteroatoms. The van der Waals surface area contributed by atoms with E-state index < -0.39 is 0 Å². The molecule has 0 bridgehead atoms. The molecule has 1 aliphatic heterocycles. The van der Waals surface area contributed by atoms with Crippen LogP contribution in [0, 0.1) is 0 Å². The first-order chi connectivity index (χ1) is 10.2. The van der Waals surface area contributed by atoms with Crippen LogP contribution in [0.1, 0.15) is 37.8 Å². The molecule has 0 saturated carbocycles. The number of para-hydroxylation sites is 1. The van der Waals surface area contributed by atoms with Crippen molar-refractivity contribution in [1.82, 2.24) is 5.32 Å². The number of nitrogens with one attached hydrogen (secondary N) is 1. The van der Waals surface area contributed by atoms with Crippen LogP contribution in [0.4, 0.5) is 0 Å². The van der Waals surface area contributed by atoms with Crippen molar-refractivity contribution >= 4 is 5.91 Å². The number of carbonyl (C=O) groups excluding carboxylic acids is 1. The summed E-state index contributed by atoms with van der Waals surface area (Å²) in [5, 5.41) is 2.98. The van der Waals surface area contributed by atoms with Crippen LogP contribution in [-0.2, 0) is 9.53 Å². The first kappa shape index (κ1) is 15.8. The third-order valence-corrected chi connectivity index (χ3v) is 3.70. The van der Waals surface area contributed by atoms with Crippen molar-refractivity contribution in [2.75, 3.05) is 19.8 Å². The van der Waals surface area contributed by atoms with Crippen molar-refractivity contribution < 1.29 is 14.3 Å². The number of ether oxygens (including phenoxy) is 2. The van der Waals surface area contributed by atoms with Gasteiger partial charge < -0.3 is 20.5 Å². The largest absolute Gasteiger partial charge is 0.483 e. The number of hydrogen-bond donors (Lipinski definition) is 2. The second-order valence-corrected chi connectivity index (χ2v) is 5.30. The quantitative estimate of drug-likeness (QED) is 0.838. The predicted octanol–water partition coefficient (Wildman–Crippen LogP) is 1.77. The maximum Gasteiger partial charge on any atom is 0.258 e. The lowest BCUT2D eigenvalue weighted by Crippen LogP contribution is -2.41. The summed E-state index contributed by atoms with van der Waals surface area (Å²) in [6.45, 7) is 3.46. The minimum absolute atomic E-state index is 0.0187. The molecule has 0 aromatic heterocycles. The maximum atomic E-state index is 11.9. The van der Waals surface area contributed by atoms with Gasteiger partial charge in [0.1, 0.15) is 5.75 Å². The fraction of sp³-hybridized carbons (Fsp3) is 0.562. The Balaban J connectivity index is 1.86. The molecule has 116 valence electrons. The van der Waals surface area contributed by atoms with Crippen LogP contribution in [0.5, 0.6) is 5.75 Å². The minimum Gasteiger partial charge on any atom is -0.483 e. The predicted molar refractivity (Wildman–Crippen MR) is 81.1 cm³/mol. The van der Waals surface area contributed by atoms with Crippen LogP contribution < -0.4 is 15.8 Å². The van der Waals surface area contributed by atoms with E-state index in [9.17, 15) is 4.79 Å². The van der Waals surface area contributed by atoms with Gasteiger partial charge in [0.25, 0.3) is 5.91 Å². The van der Waals surface area contributed by atoms with Crippen LogP contribution in [-0.4, -0.2) is 31.8 Å². The summed E-state index contributed by atoms with van der Waals surface area (Å²) >= 11 is 0. The molecule has 1 heterocycles. The maximum absolute atomic E-state index is 11.9. The Kier molecular flexibility index (Phi) is 6.02. The molecule has 0 radical (unpaired) electrons. The number of benzene rings is 1. The van der Waals surface area contributed by atoms with Gasteiger partial charge in [-0.3, -0.25) is 4.79 Å². The Morgan fingerprint density at radius 1 is 1.43 bits per heavy atom. The van der Waals surface area contributed by atoms with Crippen LogP contribution in [0.2, 0.25) is 0 Å². The zero-order chi connectivity index (χ0) is 15.1. The molecule has 5 nitrogen and oxygen atoms in total. The smallest absolute Gasteiger partial charge is 0.258 e. The van der Waals surface area contributed by atoms with Crippen molar-refractivity contribution in [3.8, 4) is 5.75 Å². The molecule has 21 heavy (non-hydrogen) atoms. The van der Waals surface area contributed by atoms with E-state index in [0.717, 1.165) is 24.8 Å². The molecule has 3 N–H and O–H groups in total. The molecule has 1 fully saturated rings. The van der Waals surface area contributed by atoms with Crippen LogP contribution >= 0.6 is 0 Å². The fourth-order valence-corrected chi connectivity index (χ4v) is 2.39. The summed E-state index contributed by atoms with van der Waals surface area (Å²) in [7, 11) is 0. The molecule has 0 unspecified atom stereocenters. The lowest BCUT2D eigenvalue weighted by molar-refractivity contribution is -0.124. The van der Waals surface area contributed by atoms with Gasteiger partial charge in [-0.2, -0.15) is 0 Å². The van der Waals surface area contributed by atoms with E-state index in [1.807, 2.05) is 31.2 Å². The average molecular weight is 292 g/mol. The summed E-state index contributed by atoms with van der Waals surface area (Å²) in [5.74, 6) is 0.593. The lowest BCUT2D eigenvalue weighted by atomic mass is 10.0. The summed E-state index contributed by atoms with van der Waals surface area (Å²) in [5.41, 5.74) is 7.00.